The van der Waals surface area contributed by atoms with Crippen molar-refractivity contribution in [1.82, 2.24) is 0 Å². The number of benzene rings is 1. The minimum atomic E-state index is -4.04. The lowest BCUT2D eigenvalue weighted by Crippen LogP contribution is -2.22. The molecule has 0 bridgehead atoms. The molecular weight excluding hydrogens is 396 g/mol. The van der Waals surface area contributed by atoms with Crippen LogP contribution >= 0.6 is 11.8 Å². The maximum atomic E-state index is 12.5. The number of aliphatic imine (C=N–C) groups is 1. The molecule has 0 unspecified atom stereocenters. The van der Waals surface area contributed by atoms with Crippen molar-refractivity contribution in [2.75, 3.05) is 30.5 Å². The van der Waals surface area contributed by atoms with Gasteiger partial charge in [-0.1, -0.05) is 11.8 Å². The van der Waals surface area contributed by atoms with E-state index in [-0.39, 0.29) is 45.5 Å². The molecule has 4 N–H and O–H groups in total. The van der Waals surface area contributed by atoms with Crippen molar-refractivity contribution in [3.63, 3.8) is 0 Å². The van der Waals surface area contributed by atoms with Crippen LogP contribution in [-0.2, 0) is 26.0 Å². The van der Waals surface area contributed by atoms with Crippen LogP contribution in [0.5, 0.6) is 5.75 Å². The van der Waals surface area contributed by atoms with Crippen molar-refractivity contribution in [3.8, 4) is 5.75 Å². The first-order valence-corrected chi connectivity index (χ1v) is 10.3. The molecule has 10 nitrogen and oxygen atoms in total. The minimum Gasteiger partial charge on any atom is -0.494 e. The van der Waals surface area contributed by atoms with E-state index in [0.717, 1.165) is 11.8 Å². The summed E-state index contributed by atoms with van der Waals surface area (Å²) in [5.74, 6) is -2.19. The number of rotatable bonds is 6. The lowest BCUT2D eigenvalue weighted by molar-refractivity contribution is -0.118. The number of thioether (sulfide) groups is 1. The van der Waals surface area contributed by atoms with Crippen molar-refractivity contribution >= 4 is 55.1 Å². The van der Waals surface area contributed by atoms with E-state index in [1.54, 1.807) is 6.26 Å². The van der Waals surface area contributed by atoms with Crippen molar-refractivity contribution in [2.24, 2.45) is 10.7 Å². The second kappa shape index (κ2) is 7.96. The van der Waals surface area contributed by atoms with Crippen LogP contribution < -0.4 is 20.5 Å². The minimum absolute atomic E-state index is 0.00639. The molecule has 1 heterocycles. The van der Waals surface area contributed by atoms with Crippen molar-refractivity contribution < 1.29 is 27.5 Å². The number of primary amides is 1. The Labute approximate surface area is 160 Å². The van der Waals surface area contributed by atoms with Gasteiger partial charge in [-0.05, 0) is 18.7 Å². The monoisotopic (exact) mass is 414 g/mol. The Bertz CT molecular complexity index is 956. The molecule has 0 fully saturated rings. The van der Waals surface area contributed by atoms with Crippen LogP contribution in [0.3, 0.4) is 0 Å². The third-order valence-electron chi connectivity index (χ3n) is 3.73. The fraction of sp³-hybridized carbons (Fsp3) is 0.333. The molecule has 0 atom stereocenters. The zero-order valence-electron chi connectivity index (χ0n) is 14.8. The van der Waals surface area contributed by atoms with Gasteiger partial charge in [0, 0.05) is 19.0 Å². The average molecular weight is 414 g/mol. The number of methoxy groups -OCH3 is 1. The molecule has 1 aliphatic rings. The number of nitrogens with two attached hydrogens (primary N) is 1. The predicted molar refractivity (Wildman–Crippen MR) is 103 cm³/mol. The summed E-state index contributed by atoms with van der Waals surface area (Å²) in [6, 6.07) is 1.24. The van der Waals surface area contributed by atoms with E-state index in [9.17, 15) is 22.8 Å². The first-order chi connectivity index (χ1) is 12.7. The third kappa shape index (κ3) is 4.06. The van der Waals surface area contributed by atoms with Crippen LogP contribution in [-0.4, -0.2) is 50.8 Å². The summed E-state index contributed by atoms with van der Waals surface area (Å²) in [5, 5.41) is 2.40. The zero-order valence-corrected chi connectivity index (χ0v) is 16.4. The molecule has 2 rings (SSSR count). The van der Waals surface area contributed by atoms with Gasteiger partial charge in [0.2, 0.25) is 10.3 Å². The molecule has 1 aliphatic heterocycles. The molecule has 1 aromatic rings. The van der Waals surface area contributed by atoms with Crippen molar-refractivity contribution in [3.05, 3.63) is 17.2 Å². The summed E-state index contributed by atoms with van der Waals surface area (Å²) in [6.07, 6.45) is 1.49. The predicted octanol–water partition coefficient (Wildman–Crippen LogP) is 0.338. The molecular formula is C15H18N4O6S2. The summed E-state index contributed by atoms with van der Waals surface area (Å²) >= 11 is 0.917. The molecule has 12 heteroatoms. The van der Waals surface area contributed by atoms with E-state index in [0.29, 0.717) is 0 Å². The molecule has 0 saturated heterocycles. The number of nitrogens with zero attached hydrogens (tertiary/aromatic N) is 1. The summed E-state index contributed by atoms with van der Waals surface area (Å²) in [7, 11) is -1.40. The molecule has 27 heavy (non-hydrogen) atoms. The van der Waals surface area contributed by atoms with Crippen LogP contribution in [0.1, 0.15) is 22.3 Å². The van der Waals surface area contributed by atoms with E-state index in [1.807, 2.05) is 0 Å². The quantitative estimate of drug-likeness (QED) is 0.344. The maximum Gasteiger partial charge on any atom is 0.296 e. The SMILES string of the molecule is CN=C(SC)S(=O)(=O)Nc1cc2c(c(OC)c1CCC(N)=O)NC(=O)C2=O. The van der Waals surface area contributed by atoms with Crippen LogP contribution in [0.15, 0.2) is 11.1 Å². The Morgan fingerprint density at radius 1 is 1.41 bits per heavy atom. The van der Waals surface area contributed by atoms with Gasteiger partial charge in [-0.2, -0.15) is 8.42 Å². The highest BCUT2D eigenvalue weighted by molar-refractivity contribution is 8.35. The number of carbonyl (C=O) groups is 3. The summed E-state index contributed by atoms with van der Waals surface area (Å²) in [6.45, 7) is 0. The van der Waals surface area contributed by atoms with Gasteiger partial charge in [0.25, 0.3) is 21.7 Å². The number of fused-ring (bicyclic) bond motifs is 1. The molecule has 1 aromatic carbocycles. The summed E-state index contributed by atoms with van der Waals surface area (Å²) in [5.41, 5.74) is 5.58. The van der Waals surface area contributed by atoms with E-state index >= 15 is 0 Å². The number of Topliss-reactive ketones (excluding diaryl/α,β-unsaturated/α-hetero) is 1. The normalized spacial score (nSPS) is 14.0. The average Bonchev–Trinajstić information content (AvgIpc) is 2.87. The van der Waals surface area contributed by atoms with Gasteiger partial charge in [0.1, 0.15) is 5.75 Å². The highest BCUT2D eigenvalue weighted by atomic mass is 32.3. The number of ether oxygens (including phenoxy) is 1. The molecule has 146 valence electrons. The Hall–Kier alpha value is -2.60. The smallest absolute Gasteiger partial charge is 0.296 e. The Balaban J connectivity index is 2.66. The largest absolute Gasteiger partial charge is 0.494 e. The van der Waals surface area contributed by atoms with Gasteiger partial charge in [0.15, 0.2) is 0 Å². The van der Waals surface area contributed by atoms with Crippen LogP contribution in [0.4, 0.5) is 11.4 Å². The van der Waals surface area contributed by atoms with Gasteiger partial charge in [-0.3, -0.25) is 24.1 Å². The van der Waals surface area contributed by atoms with E-state index < -0.39 is 27.6 Å². The first-order valence-electron chi connectivity index (χ1n) is 7.57. The van der Waals surface area contributed by atoms with Gasteiger partial charge in [-0.15, -0.1) is 0 Å². The van der Waals surface area contributed by atoms with E-state index in [2.05, 4.69) is 15.0 Å². The molecule has 0 saturated carbocycles. The lowest BCUT2D eigenvalue weighted by atomic mass is 10.0. The first kappa shape index (κ1) is 20.7. The number of carbonyl (C=O) groups excluding carboxylic acids is 3. The highest BCUT2D eigenvalue weighted by Crippen LogP contribution is 2.42. The standard InChI is InChI=1S/C15H18N4O6S2/c1-17-15(26-3)27(23,24)19-9-6-8-11(18-14(22)12(8)21)13(25-2)7(9)4-5-10(16)20/h6,19H,4-5H2,1-3H3,(H2,16,20)(H,18,21,22). The van der Waals surface area contributed by atoms with Crippen LogP contribution in [0.2, 0.25) is 0 Å². The fourth-order valence-corrected chi connectivity index (χ4v) is 4.60. The molecule has 0 radical (unpaired) electrons. The summed E-state index contributed by atoms with van der Waals surface area (Å²) in [4.78, 5) is 38.7. The Morgan fingerprint density at radius 2 is 2.07 bits per heavy atom. The van der Waals surface area contributed by atoms with Gasteiger partial charge < -0.3 is 15.8 Å². The van der Waals surface area contributed by atoms with Gasteiger partial charge in [0.05, 0.1) is 24.0 Å². The van der Waals surface area contributed by atoms with Crippen LogP contribution in [0.25, 0.3) is 0 Å². The number of anilines is 2. The highest BCUT2D eigenvalue weighted by Gasteiger charge is 2.34. The molecule has 0 aliphatic carbocycles. The third-order valence-corrected chi connectivity index (χ3v) is 6.55. The fourth-order valence-electron chi connectivity index (χ4n) is 2.62. The van der Waals surface area contributed by atoms with Crippen LogP contribution in [0, 0.1) is 0 Å². The Morgan fingerprint density at radius 3 is 2.59 bits per heavy atom. The van der Waals surface area contributed by atoms with Gasteiger partial charge >= 0.3 is 0 Å². The second-order valence-electron chi connectivity index (χ2n) is 5.41. The van der Waals surface area contributed by atoms with Gasteiger partial charge in [-0.25, -0.2) is 0 Å². The van der Waals surface area contributed by atoms with Crippen molar-refractivity contribution in [1.29, 1.82) is 0 Å². The summed E-state index contributed by atoms with van der Waals surface area (Å²) < 4.78 is 32.5. The topological polar surface area (TPSA) is 157 Å². The van der Waals surface area contributed by atoms with E-state index in [4.69, 9.17) is 10.5 Å². The number of hydrogen-bond donors (Lipinski definition) is 3. The number of nitrogens with one attached hydrogen (secondary N) is 2. The Kier molecular flexibility index (Phi) is 6.11. The molecule has 2 amide bonds. The number of sulfonamides is 1. The number of hydrogen-bond acceptors (Lipinski definition) is 8. The molecule has 0 aromatic heterocycles. The molecule has 0 spiro atoms. The maximum absolute atomic E-state index is 12.5. The second-order valence-corrected chi connectivity index (χ2v) is 8.06. The number of ketones is 1. The van der Waals surface area contributed by atoms with E-state index in [1.165, 1.54) is 20.2 Å². The lowest BCUT2D eigenvalue weighted by Gasteiger charge is -2.18. The van der Waals surface area contributed by atoms with Crippen molar-refractivity contribution in [2.45, 2.75) is 12.8 Å². The number of amides is 2. The zero-order chi connectivity index (χ0) is 20.4.